The standard InChI is InChI=1S/C34H41NO7S/c1-24-18-20-27(21-19-24)43(38,39)35-29(26-16-12-9-13-17-26)42-28(25-14-10-8-11-15-25)34(35,30(36)40-22-32(2,3)4)31(37)41-23-33(5,6)7/h8-21,28-29H,22-23H2,1-7H3/t28-,29+/m1/s1. The number of benzene rings is 3. The maximum Gasteiger partial charge on any atom is 0.342 e. The minimum atomic E-state index is -4.59. The molecule has 1 fully saturated rings. The van der Waals surface area contributed by atoms with Crippen LogP contribution in [0.1, 0.15) is 70.6 Å². The fourth-order valence-electron chi connectivity index (χ4n) is 4.76. The number of hydrogen-bond donors (Lipinski definition) is 0. The van der Waals surface area contributed by atoms with Gasteiger partial charge in [0.25, 0.3) is 5.54 Å². The van der Waals surface area contributed by atoms with Crippen LogP contribution < -0.4 is 0 Å². The van der Waals surface area contributed by atoms with E-state index in [9.17, 15) is 18.0 Å². The van der Waals surface area contributed by atoms with Crippen molar-refractivity contribution in [2.45, 2.75) is 71.2 Å². The summed E-state index contributed by atoms with van der Waals surface area (Å²) in [7, 11) is -4.59. The molecule has 0 aromatic heterocycles. The lowest BCUT2D eigenvalue weighted by atomic mass is 9.87. The second-order valence-corrected chi connectivity index (χ2v) is 15.2. The zero-order valence-corrected chi connectivity index (χ0v) is 26.7. The monoisotopic (exact) mass is 607 g/mol. The molecule has 230 valence electrons. The molecule has 0 spiro atoms. The molecule has 0 radical (unpaired) electrons. The van der Waals surface area contributed by atoms with E-state index in [-0.39, 0.29) is 18.1 Å². The van der Waals surface area contributed by atoms with E-state index in [1.807, 2.05) is 48.5 Å². The van der Waals surface area contributed by atoms with Gasteiger partial charge in [0.05, 0.1) is 18.1 Å². The lowest BCUT2D eigenvalue weighted by Gasteiger charge is -2.37. The molecule has 9 heteroatoms. The van der Waals surface area contributed by atoms with Gasteiger partial charge in [-0.1, -0.05) is 120 Å². The van der Waals surface area contributed by atoms with Crippen LogP contribution in [0.5, 0.6) is 0 Å². The van der Waals surface area contributed by atoms with Gasteiger partial charge in [-0.3, -0.25) is 0 Å². The molecule has 4 rings (SSSR count). The highest BCUT2D eigenvalue weighted by Gasteiger charge is 2.71. The molecule has 43 heavy (non-hydrogen) atoms. The van der Waals surface area contributed by atoms with Gasteiger partial charge in [0.15, 0.2) is 6.23 Å². The molecule has 3 aromatic rings. The molecular formula is C34H41NO7S. The zero-order valence-electron chi connectivity index (χ0n) is 25.9. The largest absolute Gasteiger partial charge is 0.463 e. The third-order valence-electron chi connectivity index (χ3n) is 6.86. The topological polar surface area (TPSA) is 99.2 Å². The van der Waals surface area contributed by atoms with Crippen molar-refractivity contribution in [2.75, 3.05) is 13.2 Å². The predicted molar refractivity (Wildman–Crippen MR) is 163 cm³/mol. The molecular weight excluding hydrogens is 566 g/mol. The molecule has 2 atom stereocenters. The number of sulfonamides is 1. The number of ether oxygens (including phenoxy) is 3. The summed E-state index contributed by atoms with van der Waals surface area (Å²) in [5, 5.41) is 0. The van der Waals surface area contributed by atoms with E-state index in [1.165, 1.54) is 12.1 Å². The van der Waals surface area contributed by atoms with Gasteiger partial charge < -0.3 is 14.2 Å². The Morgan fingerprint density at radius 1 is 0.744 bits per heavy atom. The normalized spacial score (nSPS) is 19.1. The predicted octanol–water partition coefficient (Wildman–Crippen LogP) is 6.37. The van der Waals surface area contributed by atoms with Crippen molar-refractivity contribution in [3.05, 3.63) is 102 Å². The first kappa shape index (κ1) is 32.4. The lowest BCUT2D eigenvalue weighted by Crippen LogP contribution is -2.63. The van der Waals surface area contributed by atoms with Gasteiger partial charge in [-0.15, -0.1) is 4.31 Å². The Labute approximate surface area is 255 Å². The van der Waals surface area contributed by atoms with Gasteiger partial charge in [-0.2, -0.15) is 0 Å². The summed E-state index contributed by atoms with van der Waals surface area (Å²) < 4.78 is 48.6. The van der Waals surface area contributed by atoms with Crippen molar-refractivity contribution in [3.63, 3.8) is 0 Å². The van der Waals surface area contributed by atoms with Crippen molar-refractivity contribution in [1.29, 1.82) is 0 Å². The number of esters is 2. The number of rotatable bonds is 8. The van der Waals surface area contributed by atoms with Crippen LogP contribution in [0.4, 0.5) is 0 Å². The van der Waals surface area contributed by atoms with E-state index in [2.05, 4.69) is 0 Å². The van der Waals surface area contributed by atoms with Gasteiger partial charge in [0.2, 0.25) is 10.0 Å². The van der Waals surface area contributed by atoms with Crippen LogP contribution in [0.2, 0.25) is 0 Å². The molecule has 0 N–H and O–H groups in total. The van der Waals surface area contributed by atoms with E-state index in [4.69, 9.17) is 14.2 Å². The number of hydrogen-bond acceptors (Lipinski definition) is 7. The first-order valence-corrected chi connectivity index (χ1v) is 15.7. The third-order valence-corrected chi connectivity index (χ3v) is 8.73. The van der Waals surface area contributed by atoms with Crippen LogP contribution in [0.3, 0.4) is 0 Å². The summed E-state index contributed by atoms with van der Waals surface area (Å²) >= 11 is 0. The molecule has 1 aliphatic rings. The Kier molecular flexibility index (Phi) is 9.21. The molecule has 0 aliphatic carbocycles. The summed E-state index contributed by atoms with van der Waals surface area (Å²) in [6.45, 7) is 12.9. The molecule has 0 bridgehead atoms. The van der Waals surface area contributed by atoms with Gasteiger partial charge in [-0.25, -0.2) is 18.0 Å². The SMILES string of the molecule is Cc1ccc(S(=O)(=O)N2[C@H](c3ccccc3)O[C@H](c3ccccc3)C2(C(=O)OCC(C)(C)C)C(=O)OCC(C)(C)C)cc1. The molecule has 0 unspecified atom stereocenters. The Morgan fingerprint density at radius 2 is 1.19 bits per heavy atom. The van der Waals surface area contributed by atoms with Crippen LogP contribution in [-0.2, 0) is 33.8 Å². The molecule has 1 heterocycles. The maximum absolute atomic E-state index is 14.8. The van der Waals surface area contributed by atoms with Crippen molar-refractivity contribution >= 4 is 22.0 Å². The Hall–Kier alpha value is -3.53. The minimum Gasteiger partial charge on any atom is -0.463 e. The number of carbonyl (C=O) groups is 2. The van der Waals surface area contributed by atoms with Crippen LogP contribution in [0.15, 0.2) is 89.8 Å². The molecule has 1 saturated heterocycles. The van der Waals surface area contributed by atoms with Crippen LogP contribution >= 0.6 is 0 Å². The number of nitrogens with zero attached hydrogens (tertiary/aromatic N) is 1. The second-order valence-electron chi connectivity index (χ2n) is 13.3. The highest BCUT2D eigenvalue weighted by atomic mass is 32.2. The van der Waals surface area contributed by atoms with E-state index in [0.29, 0.717) is 11.1 Å². The van der Waals surface area contributed by atoms with E-state index in [1.54, 1.807) is 72.8 Å². The molecule has 0 amide bonds. The average molecular weight is 608 g/mol. The van der Waals surface area contributed by atoms with E-state index < -0.39 is 50.7 Å². The fourth-order valence-corrected chi connectivity index (χ4v) is 6.52. The molecule has 1 aliphatic heterocycles. The van der Waals surface area contributed by atoms with Crippen LogP contribution in [0, 0.1) is 17.8 Å². The maximum atomic E-state index is 14.8. The lowest BCUT2D eigenvalue weighted by molar-refractivity contribution is -0.176. The molecule has 0 saturated carbocycles. The first-order valence-electron chi connectivity index (χ1n) is 14.3. The van der Waals surface area contributed by atoms with E-state index in [0.717, 1.165) is 9.87 Å². The Bertz CT molecular complexity index is 1490. The smallest absolute Gasteiger partial charge is 0.342 e. The van der Waals surface area contributed by atoms with Crippen molar-refractivity contribution < 1.29 is 32.2 Å². The Balaban J connectivity index is 2.06. The van der Waals surface area contributed by atoms with Crippen molar-refractivity contribution in [1.82, 2.24) is 4.31 Å². The van der Waals surface area contributed by atoms with Gasteiger partial charge >= 0.3 is 11.9 Å². The quantitative estimate of drug-likeness (QED) is 0.217. The van der Waals surface area contributed by atoms with Gasteiger partial charge in [-0.05, 0) is 41.0 Å². The van der Waals surface area contributed by atoms with Crippen LogP contribution in [0.25, 0.3) is 0 Å². The summed E-state index contributed by atoms with van der Waals surface area (Å²) in [4.78, 5) is 29.0. The second kappa shape index (κ2) is 12.2. The highest BCUT2D eigenvalue weighted by Crippen LogP contribution is 2.53. The zero-order chi connectivity index (χ0) is 31.6. The summed E-state index contributed by atoms with van der Waals surface area (Å²) in [5.41, 5.74) is -1.81. The van der Waals surface area contributed by atoms with Crippen molar-refractivity contribution in [2.24, 2.45) is 10.8 Å². The summed E-state index contributed by atoms with van der Waals surface area (Å²) in [5.74, 6) is -2.13. The number of aryl methyl sites for hydroxylation is 1. The summed E-state index contributed by atoms with van der Waals surface area (Å²) in [6, 6.07) is 23.5. The fraction of sp³-hybridized carbons (Fsp3) is 0.412. The minimum absolute atomic E-state index is 0.0733. The summed E-state index contributed by atoms with van der Waals surface area (Å²) in [6.07, 6.45) is -2.75. The van der Waals surface area contributed by atoms with E-state index >= 15 is 0 Å². The van der Waals surface area contributed by atoms with Crippen LogP contribution in [-0.4, -0.2) is 43.4 Å². The third kappa shape index (κ3) is 6.84. The highest BCUT2D eigenvalue weighted by molar-refractivity contribution is 7.89. The molecule has 8 nitrogen and oxygen atoms in total. The van der Waals surface area contributed by atoms with Gasteiger partial charge in [0, 0.05) is 0 Å². The Morgan fingerprint density at radius 3 is 1.63 bits per heavy atom. The first-order chi connectivity index (χ1) is 20.1. The van der Waals surface area contributed by atoms with Crippen molar-refractivity contribution in [3.8, 4) is 0 Å². The number of carbonyl (C=O) groups excluding carboxylic acids is 2. The van der Waals surface area contributed by atoms with Gasteiger partial charge in [0.1, 0.15) is 6.10 Å². The average Bonchev–Trinajstić information content (AvgIpc) is 3.33. The molecule has 3 aromatic carbocycles.